The van der Waals surface area contributed by atoms with Crippen molar-refractivity contribution in [3.8, 4) is 0 Å². The standard InChI is InChI=1S/C22H24Si.C12H15ClSi/c1-15-12-17-9-7-11-21(20(17)13-15)23(3,4)22-16(2)14-18-8-5-6-10-19(18)22;1-9-7-10-5-4-6-12(11(10)8-9)14(2,3)13/h5-12,14,22H,13H2,1-4H3;4-7H,8H2,1-3H3. The first-order chi connectivity index (χ1) is 17.5. The van der Waals surface area contributed by atoms with Gasteiger partial charge in [0.25, 0.3) is 0 Å². The van der Waals surface area contributed by atoms with Crippen LogP contribution < -0.4 is 10.4 Å². The van der Waals surface area contributed by atoms with Crippen LogP contribution in [0, 0.1) is 0 Å². The van der Waals surface area contributed by atoms with Gasteiger partial charge < -0.3 is 0 Å². The van der Waals surface area contributed by atoms with Crippen molar-refractivity contribution in [2.75, 3.05) is 0 Å². The molecular weight excluding hydrogens is 500 g/mol. The molecule has 0 spiro atoms. The van der Waals surface area contributed by atoms with Crippen molar-refractivity contribution in [2.24, 2.45) is 0 Å². The smallest absolute Gasteiger partial charge is 0.162 e. The second-order valence-corrected chi connectivity index (χ2v) is 23.1. The topological polar surface area (TPSA) is 0 Å². The first kappa shape index (κ1) is 26.2. The van der Waals surface area contributed by atoms with Gasteiger partial charge in [0, 0.05) is 5.54 Å². The molecule has 0 radical (unpaired) electrons. The summed E-state index contributed by atoms with van der Waals surface area (Å²) in [6.45, 7) is 16.3. The van der Waals surface area contributed by atoms with Gasteiger partial charge in [-0.1, -0.05) is 127 Å². The number of fused-ring (bicyclic) bond motifs is 3. The number of hydrogen-bond donors (Lipinski definition) is 0. The van der Waals surface area contributed by atoms with Gasteiger partial charge >= 0.3 is 0 Å². The van der Waals surface area contributed by atoms with Gasteiger partial charge in [-0.3, -0.25) is 0 Å². The molecule has 0 aromatic heterocycles. The SMILES string of the molecule is CC1=Cc2cccc([Si](C)(C)C3C(C)=Cc4ccccc43)c2C1.CC1=Cc2cccc([Si](C)(C)Cl)c2C1. The Morgan fingerprint density at radius 1 is 0.622 bits per heavy atom. The van der Waals surface area contributed by atoms with Crippen molar-refractivity contribution in [3.05, 3.63) is 111 Å². The summed E-state index contributed by atoms with van der Waals surface area (Å²) >= 11 is 6.51. The normalized spacial score (nSPS) is 17.7. The number of hydrogen-bond acceptors (Lipinski definition) is 0. The molecule has 37 heavy (non-hydrogen) atoms. The molecule has 3 aromatic carbocycles. The highest BCUT2D eigenvalue weighted by Gasteiger charge is 2.40. The van der Waals surface area contributed by atoms with Crippen LogP contribution >= 0.6 is 11.1 Å². The lowest BCUT2D eigenvalue weighted by Gasteiger charge is -2.34. The summed E-state index contributed by atoms with van der Waals surface area (Å²) in [5.41, 5.74) is 14.0. The maximum atomic E-state index is 6.51. The van der Waals surface area contributed by atoms with Crippen LogP contribution in [0.3, 0.4) is 0 Å². The molecule has 0 amide bonds. The minimum Gasteiger partial charge on any atom is -0.162 e. The number of rotatable bonds is 3. The molecule has 3 aliphatic rings. The molecule has 3 aliphatic carbocycles. The summed E-state index contributed by atoms with van der Waals surface area (Å²) in [5, 5.41) is 3.06. The van der Waals surface area contributed by atoms with E-state index >= 15 is 0 Å². The third-order valence-electron chi connectivity index (χ3n) is 8.34. The lowest BCUT2D eigenvalue weighted by Crippen LogP contribution is -2.49. The van der Waals surface area contributed by atoms with Crippen LogP contribution in [0.1, 0.15) is 59.7 Å². The monoisotopic (exact) mass is 538 g/mol. The second kappa shape index (κ2) is 9.73. The van der Waals surface area contributed by atoms with E-state index in [-0.39, 0.29) is 0 Å². The van der Waals surface area contributed by atoms with E-state index in [1.54, 1.807) is 21.9 Å². The van der Waals surface area contributed by atoms with Crippen LogP contribution in [0.15, 0.2) is 77.4 Å². The average Bonchev–Trinajstić information content (AvgIpc) is 3.49. The molecule has 0 heterocycles. The third-order valence-corrected chi connectivity index (χ3v) is 14.8. The van der Waals surface area contributed by atoms with Gasteiger partial charge in [0.2, 0.25) is 0 Å². The fraction of sp³-hybridized carbons (Fsp3) is 0.294. The van der Waals surface area contributed by atoms with E-state index in [2.05, 4.69) is 126 Å². The first-order valence-electron chi connectivity index (χ1n) is 13.5. The Morgan fingerprint density at radius 2 is 1.14 bits per heavy atom. The first-order valence-corrected chi connectivity index (χ1v) is 20.6. The average molecular weight is 539 g/mol. The highest BCUT2D eigenvalue weighted by molar-refractivity contribution is 7.26. The van der Waals surface area contributed by atoms with Gasteiger partial charge in [-0.25, -0.2) is 0 Å². The Hall–Kier alpha value is -2.40. The predicted molar refractivity (Wildman–Crippen MR) is 171 cm³/mol. The highest BCUT2D eigenvalue weighted by Crippen LogP contribution is 2.42. The van der Waals surface area contributed by atoms with Crippen molar-refractivity contribution in [3.63, 3.8) is 0 Å². The zero-order chi connectivity index (χ0) is 26.5. The van der Waals surface area contributed by atoms with Crippen molar-refractivity contribution >= 4 is 55.1 Å². The van der Waals surface area contributed by atoms with Crippen molar-refractivity contribution in [2.45, 2.75) is 65.3 Å². The summed E-state index contributed by atoms with van der Waals surface area (Å²) < 4.78 is 0. The lowest BCUT2D eigenvalue weighted by atomic mass is 10.1. The van der Waals surface area contributed by atoms with Crippen LogP contribution in [0.25, 0.3) is 18.2 Å². The maximum Gasteiger partial charge on any atom is 0.181 e. The van der Waals surface area contributed by atoms with Crippen LogP contribution in [0.4, 0.5) is 0 Å². The Kier molecular flexibility index (Phi) is 6.89. The zero-order valence-corrected chi connectivity index (χ0v) is 26.1. The molecule has 0 saturated carbocycles. The molecule has 0 bridgehead atoms. The molecule has 0 saturated heterocycles. The molecular formula is C34H39ClSi2. The summed E-state index contributed by atoms with van der Waals surface area (Å²) in [7, 11) is -3.33. The molecule has 3 aromatic rings. The van der Waals surface area contributed by atoms with E-state index in [9.17, 15) is 0 Å². The van der Waals surface area contributed by atoms with Crippen LogP contribution in [-0.2, 0) is 12.8 Å². The van der Waals surface area contributed by atoms with Gasteiger partial charge in [0.15, 0.2) is 7.38 Å². The Balaban J connectivity index is 0.000000171. The predicted octanol–water partition coefficient (Wildman–Crippen LogP) is 8.60. The number of allylic oxidation sites excluding steroid dienone is 3. The fourth-order valence-electron chi connectivity index (χ4n) is 6.82. The zero-order valence-electron chi connectivity index (χ0n) is 23.4. The molecule has 1 unspecified atom stereocenters. The molecule has 0 aliphatic heterocycles. The molecule has 0 fully saturated rings. The molecule has 1 atom stereocenters. The minimum absolute atomic E-state index is 0.603. The number of halogens is 1. The van der Waals surface area contributed by atoms with Gasteiger partial charge in [-0.2, -0.15) is 11.1 Å². The summed E-state index contributed by atoms with van der Waals surface area (Å²) in [6, 6.07) is 22.4. The van der Waals surface area contributed by atoms with Gasteiger partial charge in [-0.05, 0) is 72.2 Å². The molecule has 6 rings (SSSR count). The summed E-state index contributed by atoms with van der Waals surface area (Å²) in [6.07, 6.45) is 9.28. The fourth-order valence-corrected chi connectivity index (χ4v) is 12.9. The Morgan fingerprint density at radius 3 is 1.73 bits per heavy atom. The highest BCUT2D eigenvalue weighted by atomic mass is 35.6. The van der Waals surface area contributed by atoms with Gasteiger partial charge in [-0.15, -0.1) is 0 Å². The van der Waals surface area contributed by atoms with E-state index in [4.69, 9.17) is 11.1 Å². The summed E-state index contributed by atoms with van der Waals surface area (Å²) in [5.74, 6) is 0. The third kappa shape index (κ3) is 4.92. The van der Waals surface area contributed by atoms with Gasteiger partial charge in [0.05, 0.1) is 8.07 Å². The maximum absolute atomic E-state index is 6.51. The Bertz CT molecular complexity index is 1460. The molecule has 190 valence electrons. The van der Waals surface area contributed by atoms with E-state index in [1.807, 2.05) is 0 Å². The lowest BCUT2D eigenvalue weighted by molar-refractivity contribution is 1.08. The van der Waals surface area contributed by atoms with Crippen LogP contribution in [0.2, 0.25) is 26.2 Å². The van der Waals surface area contributed by atoms with Crippen molar-refractivity contribution in [1.82, 2.24) is 0 Å². The minimum atomic E-state index is -1.68. The Labute approximate surface area is 230 Å². The summed E-state index contributed by atoms with van der Waals surface area (Å²) in [4.78, 5) is 0. The van der Waals surface area contributed by atoms with Crippen molar-refractivity contribution in [1.29, 1.82) is 0 Å². The van der Waals surface area contributed by atoms with Crippen LogP contribution in [0.5, 0.6) is 0 Å². The van der Waals surface area contributed by atoms with E-state index in [0.29, 0.717) is 5.54 Å². The second-order valence-electron chi connectivity index (χ2n) is 12.2. The molecule has 0 nitrogen and oxygen atoms in total. The van der Waals surface area contributed by atoms with E-state index in [0.717, 1.165) is 12.8 Å². The van der Waals surface area contributed by atoms with E-state index in [1.165, 1.54) is 38.6 Å². The van der Waals surface area contributed by atoms with Gasteiger partial charge in [0.1, 0.15) is 0 Å². The largest absolute Gasteiger partial charge is 0.181 e. The molecule has 0 N–H and O–H groups in total. The molecule has 3 heteroatoms. The van der Waals surface area contributed by atoms with Crippen molar-refractivity contribution < 1.29 is 0 Å². The van der Waals surface area contributed by atoms with E-state index < -0.39 is 15.5 Å². The number of benzene rings is 3. The quantitative estimate of drug-likeness (QED) is 0.231. The van der Waals surface area contributed by atoms with Crippen LogP contribution in [-0.4, -0.2) is 15.5 Å².